The van der Waals surface area contributed by atoms with Gasteiger partial charge in [0.2, 0.25) is 0 Å². The van der Waals surface area contributed by atoms with Gasteiger partial charge in [-0.05, 0) is 50.6 Å². The Bertz CT molecular complexity index is 731. The van der Waals surface area contributed by atoms with Crippen molar-refractivity contribution in [2.45, 2.75) is 32.9 Å². The van der Waals surface area contributed by atoms with Crippen molar-refractivity contribution >= 4 is 17.5 Å². The van der Waals surface area contributed by atoms with Gasteiger partial charge in [-0.2, -0.15) is 0 Å². The topological polar surface area (TPSA) is 60.5 Å². The van der Waals surface area contributed by atoms with Gasteiger partial charge in [-0.15, -0.1) is 0 Å². The highest BCUT2D eigenvalue weighted by atomic mass is 16.2. The van der Waals surface area contributed by atoms with Crippen molar-refractivity contribution < 1.29 is 4.79 Å². The molecule has 144 valence electrons. The maximum Gasteiger partial charge on any atom is 0.319 e. The summed E-state index contributed by atoms with van der Waals surface area (Å²) in [7, 11) is 0. The average molecular weight is 367 g/mol. The molecule has 2 amide bonds. The van der Waals surface area contributed by atoms with Crippen LogP contribution in [0.4, 0.5) is 16.3 Å². The highest BCUT2D eigenvalue weighted by molar-refractivity contribution is 5.89. The summed E-state index contributed by atoms with van der Waals surface area (Å²) in [6.07, 6.45) is 1.85. The van der Waals surface area contributed by atoms with Crippen molar-refractivity contribution in [2.24, 2.45) is 0 Å². The quantitative estimate of drug-likeness (QED) is 0.870. The van der Waals surface area contributed by atoms with Gasteiger partial charge in [0.05, 0.1) is 0 Å². The van der Waals surface area contributed by atoms with Crippen LogP contribution in [0.5, 0.6) is 0 Å². The van der Waals surface area contributed by atoms with E-state index in [9.17, 15) is 4.79 Å². The van der Waals surface area contributed by atoms with E-state index in [2.05, 4.69) is 43.6 Å². The van der Waals surface area contributed by atoms with Crippen LogP contribution in [0.25, 0.3) is 0 Å². The molecule has 1 fully saturated rings. The lowest BCUT2D eigenvalue weighted by Crippen LogP contribution is -2.46. The van der Waals surface area contributed by atoms with Crippen molar-refractivity contribution in [3.8, 4) is 0 Å². The zero-order valence-electron chi connectivity index (χ0n) is 16.4. The second-order valence-electron chi connectivity index (χ2n) is 7.98. The van der Waals surface area contributed by atoms with Crippen LogP contribution in [-0.2, 0) is 6.54 Å². The van der Waals surface area contributed by atoms with Crippen LogP contribution < -0.4 is 15.5 Å². The van der Waals surface area contributed by atoms with Gasteiger partial charge in [-0.3, -0.25) is 4.90 Å². The maximum atomic E-state index is 11.9. The Kier molecular flexibility index (Phi) is 5.96. The Hall–Kier alpha value is -2.60. The molecule has 0 unspecified atom stereocenters. The van der Waals surface area contributed by atoms with E-state index < -0.39 is 0 Å². The summed E-state index contributed by atoms with van der Waals surface area (Å²) in [6, 6.07) is 14.0. The highest BCUT2D eigenvalue weighted by Gasteiger charge is 2.18. The average Bonchev–Trinajstić information content (AvgIpc) is 2.63. The number of urea groups is 1. The molecule has 0 radical (unpaired) electrons. The molecule has 3 rings (SSSR count). The standard InChI is InChI=1S/C21H29N5O/c1-21(2,3)24-20(27)23-18-9-7-17(8-10-18)16-25-12-14-26(15-13-25)19-6-4-5-11-22-19/h4-11H,12-16H2,1-3H3,(H2,23,24,27). The molecule has 0 spiro atoms. The van der Waals surface area contributed by atoms with Gasteiger partial charge in [0, 0.05) is 50.1 Å². The minimum atomic E-state index is -0.249. The molecule has 6 nitrogen and oxygen atoms in total. The zero-order valence-corrected chi connectivity index (χ0v) is 16.4. The van der Waals surface area contributed by atoms with Crippen molar-refractivity contribution in [1.82, 2.24) is 15.2 Å². The SMILES string of the molecule is CC(C)(C)NC(=O)Nc1ccc(CN2CCN(c3ccccn3)CC2)cc1. The lowest BCUT2D eigenvalue weighted by molar-refractivity contribution is 0.244. The molecule has 1 aromatic carbocycles. The number of anilines is 2. The van der Waals surface area contributed by atoms with Gasteiger partial charge in [-0.1, -0.05) is 18.2 Å². The Morgan fingerprint density at radius 1 is 1.04 bits per heavy atom. The van der Waals surface area contributed by atoms with E-state index in [1.165, 1.54) is 5.56 Å². The Morgan fingerprint density at radius 2 is 1.74 bits per heavy atom. The van der Waals surface area contributed by atoms with Gasteiger partial charge < -0.3 is 15.5 Å². The number of hydrogen-bond acceptors (Lipinski definition) is 4. The maximum absolute atomic E-state index is 11.9. The highest BCUT2D eigenvalue weighted by Crippen LogP contribution is 2.16. The first-order chi connectivity index (χ1) is 12.9. The minimum Gasteiger partial charge on any atom is -0.354 e. The van der Waals surface area contributed by atoms with E-state index in [4.69, 9.17) is 0 Å². The number of nitrogens with one attached hydrogen (secondary N) is 2. The fraction of sp³-hybridized carbons (Fsp3) is 0.429. The number of amides is 2. The van der Waals surface area contributed by atoms with E-state index in [1.807, 2.05) is 51.2 Å². The third kappa shape index (κ3) is 5.96. The summed E-state index contributed by atoms with van der Waals surface area (Å²) < 4.78 is 0. The van der Waals surface area contributed by atoms with Crippen molar-refractivity contribution in [2.75, 3.05) is 36.4 Å². The first-order valence-corrected chi connectivity index (χ1v) is 9.45. The van der Waals surface area contributed by atoms with Crippen LogP contribution in [0.3, 0.4) is 0 Å². The summed E-state index contributed by atoms with van der Waals surface area (Å²) >= 11 is 0. The Morgan fingerprint density at radius 3 is 2.33 bits per heavy atom. The van der Waals surface area contributed by atoms with Gasteiger partial charge in [-0.25, -0.2) is 9.78 Å². The molecule has 2 heterocycles. The summed E-state index contributed by atoms with van der Waals surface area (Å²) in [5, 5.41) is 5.77. The van der Waals surface area contributed by atoms with Gasteiger partial charge in [0.25, 0.3) is 0 Å². The monoisotopic (exact) mass is 367 g/mol. The number of nitrogens with zero attached hydrogens (tertiary/aromatic N) is 3. The molecule has 1 aromatic heterocycles. The van der Waals surface area contributed by atoms with Gasteiger partial charge in [0.15, 0.2) is 0 Å². The molecule has 2 N–H and O–H groups in total. The molecular formula is C21H29N5O. The number of rotatable bonds is 4. The predicted molar refractivity (Wildman–Crippen MR) is 110 cm³/mol. The fourth-order valence-electron chi connectivity index (χ4n) is 3.13. The van der Waals surface area contributed by atoms with Crippen molar-refractivity contribution in [1.29, 1.82) is 0 Å². The van der Waals surface area contributed by atoms with Crippen LogP contribution >= 0.6 is 0 Å². The van der Waals surface area contributed by atoms with Crippen LogP contribution in [0.2, 0.25) is 0 Å². The molecule has 0 atom stereocenters. The number of pyridine rings is 1. The minimum absolute atomic E-state index is 0.180. The third-order valence-corrected chi connectivity index (χ3v) is 4.45. The zero-order chi connectivity index (χ0) is 19.3. The molecule has 1 aliphatic rings. The van der Waals surface area contributed by atoms with E-state index in [0.717, 1.165) is 44.2 Å². The first kappa shape index (κ1) is 19.2. The van der Waals surface area contributed by atoms with E-state index in [0.29, 0.717) is 0 Å². The molecule has 0 saturated carbocycles. The number of carbonyl (C=O) groups is 1. The lowest BCUT2D eigenvalue weighted by atomic mass is 10.1. The fourth-order valence-corrected chi connectivity index (χ4v) is 3.13. The molecule has 1 aliphatic heterocycles. The second kappa shape index (κ2) is 8.39. The smallest absolute Gasteiger partial charge is 0.319 e. The van der Waals surface area contributed by atoms with Crippen LogP contribution in [0, 0.1) is 0 Å². The van der Waals surface area contributed by atoms with E-state index in [-0.39, 0.29) is 11.6 Å². The first-order valence-electron chi connectivity index (χ1n) is 9.45. The molecule has 0 bridgehead atoms. The second-order valence-corrected chi connectivity index (χ2v) is 7.98. The van der Waals surface area contributed by atoms with Crippen LogP contribution in [0.15, 0.2) is 48.7 Å². The normalized spacial score (nSPS) is 15.4. The Labute approximate surface area is 161 Å². The summed E-state index contributed by atoms with van der Waals surface area (Å²) in [6.45, 7) is 10.8. The molecule has 2 aromatic rings. The lowest BCUT2D eigenvalue weighted by Gasteiger charge is -2.35. The molecule has 27 heavy (non-hydrogen) atoms. The predicted octanol–water partition coefficient (Wildman–Crippen LogP) is 3.32. The van der Waals surface area contributed by atoms with Crippen LogP contribution in [0.1, 0.15) is 26.3 Å². The number of carbonyl (C=O) groups excluding carboxylic acids is 1. The number of aromatic nitrogens is 1. The van der Waals surface area contributed by atoms with Crippen LogP contribution in [-0.4, -0.2) is 47.6 Å². The largest absolute Gasteiger partial charge is 0.354 e. The Balaban J connectivity index is 1.47. The number of benzene rings is 1. The van der Waals surface area contributed by atoms with Gasteiger partial charge >= 0.3 is 6.03 Å². The van der Waals surface area contributed by atoms with Crippen molar-refractivity contribution in [3.63, 3.8) is 0 Å². The summed E-state index contributed by atoms with van der Waals surface area (Å²) in [4.78, 5) is 21.2. The molecule has 6 heteroatoms. The van der Waals surface area contributed by atoms with Gasteiger partial charge in [0.1, 0.15) is 5.82 Å². The third-order valence-electron chi connectivity index (χ3n) is 4.45. The van der Waals surface area contributed by atoms with E-state index >= 15 is 0 Å². The number of piperazine rings is 1. The summed E-state index contributed by atoms with van der Waals surface area (Å²) in [5.41, 5.74) is 1.81. The number of hydrogen-bond donors (Lipinski definition) is 2. The molecule has 0 aliphatic carbocycles. The van der Waals surface area contributed by atoms with E-state index in [1.54, 1.807) is 0 Å². The molecular weight excluding hydrogens is 338 g/mol. The molecule has 1 saturated heterocycles. The summed E-state index contributed by atoms with van der Waals surface area (Å²) in [5.74, 6) is 1.06. The van der Waals surface area contributed by atoms with Crippen molar-refractivity contribution in [3.05, 3.63) is 54.2 Å².